The van der Waals surface area contributed by atoms with Gasteiger partial charge in [0.05, 0.1) is 11.6 Å². The number of carbonyl (C=O) groups is 2. The van der Waals surface area contributed by atoms with Gasteiger partial charge in [-0.25, -0.2) is 4.39 Å². The van der Waals surface area contributed by atoms with Gasteiger partial charge >= 0.3 is 0 Å². The number of carbonyl (C=O) groups excluding carboxylic acids is 2. The summed E-state index contributed by atoms with van der Waals surface area (Å²) in [6.45, 7) is 2.70. The van der Waals surface area contributed by atoms with E-state index in [1.165, 1.54) is 24.3 Å². The van der Waals surface area contributed by atoms with E-state index in [1.807, 2.05) is 12.1 Å². The zero-order valence-corrected chi connectivity index (χ0v) is 16.5. The van der Waals surface area contributed by atoms with E-state index in [0.717, 1.165) is 12.1 Å². The zero-order valence-electron chi connectivity index (χ0n) is 16.5. The van der Waals surface area contributed by atoms with Gasteiger partial charge in [0.1, 0.15) is 5.82 Å². The van der Waals surface area contributed by atoms with Crippen molar-refractivity contribution in [1.29, 1.82) is 0 Å². The Balaban J connectivity index is 1.43. The molecule has 1 aliphatic heterocycles. The van der Waals surface area contributed by atoms with Crippen LogP contribution >= 0.6 is 0 Å². The van der Waals surface area contributed by atoms with Gasteiger partial charge in [-0.15, -0.1) is 5.10 Å². The van der Waals surface area contributed by atoms with Crippen molar-refractivity contribution in [2.45, 2.75) is 19.8 Å². The molecule has 9 heteroatoms. The van der Waals surface area contributed by atoms with Crippen LogP contribution in [0.5, 0.6) is 0 Å². The molecule has 4 rings (SSSR count). The second kappa shape index (κ2) is 8.40. The number of nitrogens with zero attached hydrogens (tertiary/aromatic N) is 5. The fraction of sp³-hybridized carbons (Fsp3) is 0.286. The molecule has 1 fully saturated rings. The number of amides is 2. The van der Waals surface area contributed by atoms with Gasteiger partial charge in [0, 0.05) is 24.3 Å². The first-order chi connectivity index (χ1) is 14.5. The number of rotatable bonds is 4. The molecule has 3 aromatic rings. The largest absolute Gasteiger partial charge is 0.338 e. The molecule has 0 aliphatic carbocycles. The van der Waals surface area contributed by atoms with Crippen molar-refractivity contribution in [3.63, 3.8) is 0 Å². The molecule has 1 N–H and O–H groups in total. The van der Waals surface area contributed by atoms with E-state index >= 15 is 0 Å². The number of aryl methyl sites for hydroxylation is 1. The second-order valence-corrected chi connectivity index (χ2v) is 7.27. The number of nitrogens with one attached hydrogen (secondary N) is 1. The van der Waals surface area contributed by atoms with E-state index in [1.54, 1.807) is 28.6 Å². The van der Waals surface area contributed by atoms with Crippen LogP contribution in [-0.2, 0) is 4.79 Å². The minimum atomic E-state index is -0.387. The molecule has 0 bridgehead atoms. The molecule has 1 atom stereocenters. The van der Waals surface area contributed by atoms with Crippen LogP contribution in [0.25, 0.3) is 5.69 Å². The molecule has 8 nitrogen and oxygen atoms in total. The van der Waals surface area contributed by atoms with Gasteiger partial charge in [0.15, 0.2) is 5.82 Å². The number of halogens is 1. The summed E-state index contributed by atoms with van der Waals surface area (Å²) in [6.07, 6.45) is 1.43. The highest BCUT2D eigenvalue weighted by Gasteiger charge is 2.29. The predicted molar refractivity (Wildman–Crippen MR) is 108 cm³/mol. The summed E-state index contributed by atoms with van der Waals surface area (Å²) < 4.78 is 14.7. The third-order valence-electron chi connectivity index (χ3n) is 5.15. The van der Waals surface area contributed by atoms with Gasteiger partial charge in [-0.05, 0) is 72.7 Å². The highest BCUT2D eigenvalue weighted by Crippen LogP contribution is 2.22. The van der Waals surface area contributed by atoms with Crippen molar-refractivity contribution in [3.05, 3.63) is 65.7 Å². The van der Waals surface area contributed by atoms with E-state index in [9.17, 15) is 14.0 Å². The van der Waals surface area contributed by atoms with E-state index in [2.05, 4.69) is 20.8 Å². The first-order valence-electron chi connectivity index (χ1n) is 9.72. The third-order valence-corrected chi connectivity index (χ3v) is 5.15. The average molecular weight is 408 g/mol. The number of aromatic nitrogens is 4. The Labute approximate surface area is 172 Å². The van der Waals surface area contributed by atoms with E-state index in [4.69, 9.17) is 0 Å². The number of hydrogen-bond donors (Lipinski definition) is 1. The summed E-state index contributed by atoms with van der Waals surface area (Å²) >= 11 is 0. The van der Waals surface area contributed by atoms with Crippen LogP contribution in [-0.4, -0.2) is 50.0 Å². The maximum atomic E-state index is 13.1. The monoisotopic (exact) mass is 408 g/mol. The first-order valence-corrected chi connectivity index (χ1v) is 9.72. The molecule has 1 saturated heterocycles. The smallest absolute Gasteiger partial charge is 0.253 e. The van der Waals surface area contributed by atoms with Gasteiger partial charge in [-0.2, -0.15) is 4.68 Å². The zero-order chi connectivity index (χ0) is 21.1. The number of likely N-dealkylation sites (tertiary alicyclic amines) is 1. The highest BCUT2D eigenvalue weighted by atomic mass is 19.1. The summed E-state index contributed by atoms with van der Waals surface area (Å²) in [5, 5.41) is 14.4. The third kappa shape index (κ3) is 4.19. The first kappa shape index (κ1) is 19.7. The SMILES string of the molecule is Cc1nnnn1-c1cccc(NC(=O)C2CCCN(C(=O)c3ccc(F)cc3)C2)c1. The van der Waals surface area contributed by atoms with Gasteiger partial charge in [0.2, 0.25) is 5.91 Å². The lowest BCUT2D eigenvalue weighted by molar-refractivity contribution is -0.121. The van der Waals surface area contributed by atoms with Crippen LogP contribution in [0.4, 0.5) is 10.1 Å². The molecule has 0 saturated carbocycles. The van der Waals surface area contributed by atoms with Gasteiger partial charge in [-0.3, -0.25) is 9.59 Å². The maximum Gasteiger partial charge on any atom is 0.253 e. The minimum absolute atomic E-state index is 0.141. The number of tetrazole rings is 1. The Morgan fingerprint density at radius 2 is 1.97 bits per heavy atom. The molecule has 30 heavy (non-hydrogen) atoms. The number of piperidine rings is 1. The van der Waals surface area contributed by atoms with Crippen LogP contribution < -0.4 is 5.32 Å². The Morgan fingerprint density at radius 3 is 2.70 bits per heavy atom. The van der Waals surface area contributed by atoms with Gasteiger partial charge < -0.3 is 10.2 Å². The standard InChI is InChI=1S/C21H21FN6O2/c1-14-24-25-26-28(14)19-6-2-5-18(12-19)23-20(29)16-4-3-11-27(13-16)21(30)15-7-9-17(22)10-8-15/h2,5-10,12,16H,3-4,11,13H2,1H3,(H,23,29). The minimum Gasteiger partial charge on any atom is -0.338 e. The summed E-state index contributed by atoms with van der Waals surface area (Å²) in [5.41, 5.74) is 1.79. The predicted octanol–water partition coefficient (Wildman–Crippen LogP) is 2.60. The van der Waals surface area contributed by atoms with E-state index in [-0.39, 0.29) is 23.5 Å². The fourth-order valence-corrected chi connectivity index (χ4v) is 3.58. The number of benzene rings is 2. The van der Waals surface area contributed by atoms with E-state index < -0.39 is 0 Å². The van der Waals surface area contributed by atoms with Crippen molar-refractivity contribution in [1.82, 2.24) is 25.1 Å². The number of anilines is 1. The quantitative estimate of drug-likeness (QED) is 0.716. The fourth-order valence-electron chi connectivity index (χ4n) is 3.58. The Bertz CT molecular complexity index is 1070. The Hall–Kier alpha value is -3.62. The van der Waals surface area contributed by atoms with Gasteiger partial charge in [-0.1, -0.05) is 6.07 Å². The van der Waals surface area contributed by atoms with Crippen LogP contribution in [0.1, 0.15) is 29.0 Å². The molecule has 1 aliphatic rings. The van der Waals surface area contributed by atoms with Crippen LogP contribution in [0, 0.1) is 18.7 Å². The second-order valence-electron chi connectivity index (χ2n) is 7.27. The van der Waals surface area contributed by atoms with Crippen molar-refractivity contribution in [3.8, 4) is 5.69 Å². The highest BCUT2D eigenvalue weighted by molar-refractivity contribution is 5.96. The molecule has 2 aromatic carbocycles. The molecule has 154 valence electrons. The number of hydrogen-bond acceptors (Lipinski definition) is 5. The topological polar surface area (TPSA) is 93.0 Å². The van der Waals surface area contributed by atoms with Crippen LogP contribution in [0.15, 0.2) is 48.5 Å². The summed E-state index contributed by atoms with van der Waals surface area (Å²) in [4.78, 5) is 27.2. The molecule has 2 heterocycles. The maximum absolute atomic E-state index is 13.1. The Kier molecular flexibility index (Phi) is 5.51. The average Bonchev–Trinajstić information content (AvgIpc) is 3.20. The van der Waals surface area contributed by atoms with Gasteiger partial charge in [0.25, 0.3) is 5.91 Å². The normalized spacial score (nSPS) is 16.3. The van der Waals surface area contributed by atoms with Crippen LogP contribution in [0.2, 0.25) is 0 Å². The Morgan fingerprint density at radius 1 is 1.17 bits per heavy atom. The molecule has 1 aromatic heterocycles. The van der Waals surface area contributed by atoms with Crippen molar-refractivity contribution in [2.75, 3.05) is 18.4 Å². The molecule has 0 spiro atoms. The van der Waals surface area contributed by atoms with Crippen molar-refractivity contribution < 1.29 is 14.0 Å². The molecule has 2 amide bonds. The lowest BCUT2D eigenvalue weighted by Gasteiger charge is -2.32. The van der Waals surface area contributed by atoms with Crippen LogP contribution in [0.3, 0.4) is 0 Å². The molecular weight excluding hydrogens is 387 g/mol. The lowest BCUT2D eigenvalue weighted by atomic mass is 9.96. The molecule has 1 unspecified atom stereocenters. The molecular formula is C21H21FN6O2. The van der Waals surface area contributed by atoms with Crippen molar-refractivity contribution in [2.24, 2.45) is 5.92 Å². The van der Waals surface area contributed by atoms with Crippen molar-refractivity contribution >= 4 is 17.5 Å². The summed E-state index contributed by atoms with van der Waals surface area (Å²) in [6, 6.07) is 12.7. The lowest BCUT2D eigenvalue weighted by Crippen LogP contribution is -2.43. The van der Waals surface area contributed by atoms with E-state index in [0.29, 0.717) is 36.6 Å². The summed E-state index contributed by atoms with van der Waals surface area (Å²) in [7, 11) is 0. The molecule has 0 radical (unpaired) electrons. The summed E-state index contributed by atoms with van der Waals surface area (Å²) in [5.74, 6) is -0.398.